The first kappa shape index (κ1) is 11.5. The number of rotatable bonds is 3. The molecular weight excluding hydrogens is 210 g/mol. The van der Waals surface area contributed by atoms with Gasteiger partial charge in [-0.15, -0.1) is 0 Å². The van der Waals surface area contributed by atoms with Crippen LogP contribution in [-0.4, -0.2) is 55.1 Å². The average molecular weight is 227 g/mol. The monoisotopic (exact) mass is 227 g/mol. The minimum atomic E-state index is -1.25. The lowest BCUT2D eigenvalue weighted by molar-refractivity contribution is -0.187. The number of nitrogens with zero attached hydrogens (tertiary/aromatic N) is 1. The Kier molecular flexibility index (Phi) is 2.99. The van der Waals surface area contributed by atoms with Crippen LogP contribution in [-0.2, 0) is 14.3 Å². The first-order valence-electron chi connectivity index (χ1n) is 5.60. The van der Waals surface area contributed by atoms with Gasteiger partial charge in [0.1, 0.15) is 0 Å². The number of likely N-dealkylation sites (tertiary alicyclic amines) is 1. The molecule has 0 aromatic carbocycles. The fraction of sp³-hybridized carbons (Fsp3) is 0.818. The van der Waals surface area contributed by atoms with E-state index >= 15 is 0 Å². The van der Waals surface area contributed by atoms with Crippen LogP contribution in [0.1, 0.15) is 12.8 Å². The molecule has 2 fully saturated rings. The van der Waals surface area contributed by atoms with E-state index in [1.807, 2.05) is 7.05 Å². The molecule has 2 rings (SSSR count). The molecule has 0 aromatic heterocycles. The lowest BCUT2D eigenvalue weighted by Gasteiger charge is -2.40. The molecule has 1 unspecified atom stereocenters. The summed E-state index contributed by atoms with van der Waals surface area (Å²) in [6.07, 6.45) is 1.77. The Balaban J connectivity index is 2.08. The van der Waals surface area contributed by atoms with Crippen molar-refractivity contribution < 1.29 is 19.4 Å². The maximum absolute atomic E-state index is 12.2. The van der Waals surface area contributed by atoms with E-state index in [2.05, 4.69) is 4.90 Å². The van der Waals surface area contributed by atoms with Gasteiger partial charge in [0.15, 0.2) is 11.2 Å². The van der Waals surface area contributed by atoms with Crippen LogP contribution in [0.4, 0.5) is 0 Å². The summed E-state index contributed by atoms with van der Waals surface area (Å²) in [5.74, 6) is -1.31. The van der Waals surface area contributed by atoms with Crippen molar-refractivity contribution >= 4 is 11.8 Å². The lowest BCUT2D eigenvalue weighted by atomic mass is 9.74. The van der Waals surface area contributed by atoms with E-state index in [-0.39, 0.29) is 24.9 Å². The summed E-state index contributed by atoms with van der Waals surface area (Å²) in [5.41, 5.74) is -1.25. The van der Waals surface area contributed by atoms with Gasteiger partial charge in [0.2, 0.25) is 0 Å². The zero-order valence-electron chi connectivity index (χ0n) is 9.44. The van der Waals surface area contributed by atoms with Crippen molar-refractivity contribution in [2.75, 3.05) is 33.4 Å². The van der Waals surface area contributed by atoms with Gasteiger partial charge in [0.05, 0.1) is 13.2 Å². The number of carboxylic acid groups (broad SMARTS) is 1. The highest BCUT2D eigenvalue weighted by Gasteiger charge is 2.54. The Morgan fingerprint density at radius 2 is 2.12 bits per heavy atom. The van der Waals surface area contributed by atoms with Gasteiger partial charge in [-0.2, -0.15) is 0 Å². The van der Waals surface area contributed by atoms with Gasteiger partial charge in [-0.25, -0.2) is 0 Å². The summed E-state index contributed by atoms with van der Waals surface area (Å²) in [7, 11) is 1.96. The normalized spacial score (nSPS) is 29.4. The van der Waals surface area contributed by atoms with Crippen LogP contribution < -0.4 is 0 Å². The third kappa shape index (κ3) is 1.74. The number of carbonyl (C=O) groups is 2. The Bertz CT molecular complexity index is 311. The first-order chi connectivity index (χ1) is 7.56. The molecule has 0 spiro atoms. The molecule has 0 saturated carbocycles. The molecule has 1 atom stereocenters. The molecule has 2 aliphatic heterocycles. The van der Waals surface area contributed by atoms with Crippen molar-refractivity contribution in [3.05, 3.63) is 0 Å². The molecule has 0 radical (unpaired) electrons. The molecule has 2 saturated heterocycles. The first-order valence-corrected chi connectivity index (χ1v) is 5.60. The second-order valence-electron chi connectivity index (χ2n) is 4.85. The van der Waals surface area contributed by atoms with Gasteiger partial charge >= 0.3 is 5.97 Å². The molecule has 90 valence electrons. The van der Waals surface area contributed by atoms with Gasteiger partial charge in [-0.1, -0.05) is 0 Å². The summed E-state index contributed by atoms with van der Waals surface area (Å²) < 4.78 is 4.92. The highest BCUT2D eigenvalue weighted by Crippen LogP contribution is 2.34. The number of aliphatic carboxylic acids is 1. The van der Waals surface area contributed by atoms with Crippen LogP contribution >= 0.6 is 0 Å². The van der Waals surface area contributed by atoms with Crippen LogP contribution in [0.3, 0.4) is 0 Å². The van der Waals surface area contributed by atoms with E-state index in [9.17, 15) is 9.59 Å². The molecule has 2 heterocycles. The number of Topliss-reactive ketones (excluding diaryl/α,β-unsaturated/α-hetero) is 1. The molecule has 5 heteroatoms. The third-order valence-corrected chi connectivity index (χ3v) is 3.57. The SMILES string of the molecule is CN1CCCC(C(=O)C2(C(=O)O)COC2)C1. The van der Waals surface area contributed by atoms with E-state index in [4.69, 9.17) is 9.84 Å². The fourth-order valence-electron chi connectivity index (χ4n) is 2.45. The summed E-state index contributed by atoms with van der Waals surface area (Å²) >= 11 is 0. The number of hydrogen-bond donors (Lipinski definition) is 1. The molecule has 0 aromatic rings. The smallest absolute Gasteiger partial charge is 0.322 e. The largest absolute Gasteiger partial charge is 0.480 e. The lowest BCUT2D eigenvalue weighted by Crippen LogP contribution is -2.58. The summed E-state index contributed by atoms with van der Waals surface area (Å²) in [4.78, 5) is 25.4. The summed E-state index contributed by atoms with van der Waals surface area (Å²) in [6.45, 7) is 1.75. The van der Waals surface area contributed by atoms with Crippen LogP contribution in [0.15, 0.2) is 0 Å². The topological polar surface area (TPSA) is 66.8 Å². The quantitative estimate of drug-likeness (QED) is 0.687. The summed E-state index contributed by atoms with van der Waals surface area (Å²) in [6, 6.07) is 0. The van der Waals surface area contributed by atoms with Crippen molar-refractivity contribution in [1.29, 1.82) is 0 Å². The Hall–Kier alpha value is -0.940. The van der Waals surface area contributed by atoms with Crippen LogP contribution in [0.2, 0.25) is 0 Å². The molecule has 0 aliphatic carbocycles. The molecule has 0 bridgehead atoms. The predicted octanol–water partition coefficient (Wildman–Crippen LogP) is -0.00150. The van der Waals surface area contributed by atoms with Crippen LogP contribution in [0.5, 0.6) is 0 Å². The molecule has 0 amide bonds. The second-order valence-corrected chi connectivity index (χ2v) is 4.85. The minimum Gasteiger partial charge on any atom is -0.480 e. The van der Waals surface area contributed by atoms with E-state index in [0.717, 1.165) is 19.4 Å². The van der Waals surface area contributed by atoms with E-state index < -0.39 is 11.4 Å². The van der Waals surface area contributed by atoms with Gasteiger partial charge in [0, 0.05) is 12.5 Å². The van der Waals surface area contributed by atoms with Crippen LogP contribution in [0, 0.1) is 11.3 Å². The maximum Gasteiger partial charge on any atom is 0.322 e. The number of carboxylic acids is 1. The van der Waals surface area contributed by atoms with E-state index in [0.29, 0.717) is 6.54 Å². The molecule has 5 nitrogen and oxygen atoms in total. The highest BCUT2D eigenvalue weighted by atomic mass is 16.5. The van der Waals surface area contributed by atoms with Gasteiger partial charge < -0.3 is 14.7 Å². The van der Waals surface area contributed by atoms with Crippen molar-refractivity contribution in [1.82, 2.24) is 4.90 Å². The molecule has 16 heavy (non-hydrogen) atoms. The van der Waals surface area contributed by atoms with Gasteiger partial charge in [-0.3, -0.25) is 9.59 Å². The van der Waals surface area contributed by atoms with Crippen LogP contribution in [0.25, 0.3) is 0 Å². The Morgan fingerprint density at radius 1 is 1.44 bits per heavy atom. The van der Waals surface area contributed by atoms with Gasteiger partial charge in [0.25, 0.3) is 0 Å². The summed E-state index contributed by atoms with van der Waals surface area (Å²) in [5, 5.41) is 9.14. The number of hydrogen-bond acceptors (Lipinski definition) is 4. The predicted molar refractivity (Wildman–Crippen MR) is 56.1 cm³/mol. The van der Waals surface area contributed by atoms with Crippen molar-refractivity contribution in [3.8, 4) is 0 Å². The number of ketones is 1. The van der Waals surface area contributed by atoms with Crippen molar-refractivity contribution in [3.63, 3.8) is 0 Å². The van der Waals surface area contributed by atoms with Gasteiger partial charge in [-0.05, 0) is 26.4 Å². The van der Waals surface area contributed by atoms with Crippen molar-refractivity contribution in [2.45, 2.75) is 12.8 Å². The van der Waals surface area contributed by atoms with E-state index in [1.165, 1.54) is 0 Å². The second kappa shape index (κ2) is 4.14. The Morgan fingerprint density at radius 3 is 2.56 bits per heavy atom. The fourth-order valence-corrected chi connectivity index (χ4v) is 2.45. The Labute approximate surface area is 94.4 Å². The number of carbonyl (C=O) groups excluding carboxylic acids is 1. The zero-order chi connectivity index (χ0) is 11.8. The molecule has 1 N–H and O–H groups in total. The van der Waals surface area contributed by atoms with E-state index in [1.54, 1.807) is 0 Å². The minimum absolute atomic E-state index is 0.0430. The average Bonchev–Trinajstić information content (AvgIpc) is 2.15. The molecular formula is C11H17NO4. The highest BCUT2D eigenvalue weighted by molar-refractivity contribution is 6.05. The maximum atomic E-state index is 12.2. The third-order valence-electron chi connectivity index (χ3n) is 3.57. The number of ether oxygens (including phenoxy) is 1. The zero-order valence-corrected chi connectivity index (χ0v) is 9.44. The molecule has 2 aliphatic rings. The standard InChI is InChI=1S/C11H17NO4/c1-12-4-2-3-8(5-12)9(13)11(10(14)15)6-16-7-11/h8H,2-7H2,1H3,(H,14,15). The number of piperidine rings is 1. The van der Waals surface area contributed by atoms with Crippen molar-refractivity contribution in [2.24, 2.45) is 11.3 Å².